The van der Waals surface area contributed by atoms with Crippen molar-refractivity contribution < 1.29 is 0 Å². The fourth-order valence-corrected chi connectivity index (χ4v) is 2.03. The summed E-state index contributed by atoms with van der Waals surface area (Å²) in [7, 11) is 0. The lowest BCUT2D eigenvalue weighted by Gasteiger charge is -2.10. The standard InChI is InChI=1S/C10H17N3/c1-8-2-3-9(6-8)13-7-10-11-4-5-12-10/h4-5,8-9,13H,2-3,6-7H2,1H3,(H,11,12). The molecule has 0 radical (unpaired) electrons. The van der Waals surface area contributed by atoms with Gasteiger partial charge in [0.2, 0.25) is 0 Å². The van der Waals surface area contributed by atoms with Gasteiger partial charge in [0.15, 0.2) is 0 Å². The van der Waals surface area contributed by atoms with Crippen molar-refractivity contribution in [2.75, 3.05) is 0 Å². The van der Waals surface area contributed by atoms with Crippen molar-refractivity contribution in [1.82, 2.24) is 15.3 Å². The van der Waals surface area contributed by atoms with Crippen LogP contribution < -0.4 is 5.32 Å². The normalized spacial score (nSPS) is 28.1. The minimum absolute atomic E-state index is 0.708. The van der Waals surface area contributed by atoms with Crippen LogP contribution in [0.2, 0.25) is 0 Å². The maximum atomic E-state index is 4.18. The van der Waals surface area contributed by atoms with Gasteiger partial charge in [-0.25, -0.2) is 4.98 Å². The van der Waals surface area contributed by atoms with Gasteiger partial charge < -0.3 is 10.3 Å². The third-order valence-electron chi connectivity index (χ3n) is 2.81. The molecule has 0 aliphatic heterocycles. The van der Waals surface area contributed by atoms with Crippen LogP contribution in [0, 0.1) is 5.92 Å². The van der Waals surface area contributed by atoms with Gasteiger partial charge in [0.05, 0.1) is 6.54 Å². The second kappa shape index (κ2) is 3.92. The van der Waals surface area contributed by atoms with Crippen LogP contribution in [0.4, 0.5) is 0 Å². The Kier molecular flexibility index (Phi) is 2.64. The SMILES string of the molecule is CC1CCC(NCc2ncc[nH]2)C1. The zero-order valence-corrected chi connectivity index (χ0v) is 8.09. The van der Waals surface area contributed by atoms with E-state index in [1.807, 2.05) is 6.20 Å². The Morgan fingerprint density at radius 2 is 2.54 bits per heavy atom. The summed E-state index contributed by atoms with van der Waals surface area (Å²) < 4.78 is 0. The van der Waals surface area contributed by atoms with Crippen LogP contribution in [0.1, 0.15) is 32.0 Å². The molecule has 1 aliphatic rings. The molecule has 0 aromatic carbocycles. The van der Waals surface area contributed by atoms with Gasteiger partial charge in [-0.3, -0.25) is 0 Å². The lowest BCUT2D eigenvalue weighted by atomic mass is 10.1. The van der Waals surface area contributed by atoms with Crippen LogP contribution in [-0.2, 0) is 6.54 Å². The molecule has 2 rings (SSSR count). The predicted molar refractivity (Wildman–Crippen MR) is 52.2 cm³/mol. The maximum Gasteiger partial charge on any atom is 0.120 e. The van der Waals surface area contributed by atoms with Gasteiger partial charge >= 0.3 is 0 Å². The first-order valence-electron chi connectivity index (χ1n) is 5.06. The van der Waals surface area contributed by atoms with E-state index in [2.05, 4.69) is 22.2 Å². The largest absolute Gasteiger partial charge is 0.348 e. The van der Waals surface area contributed by atoms with Crippen molar-refractivity contribution in [3.8, 4) is 0 Å². The van der Waals surface area contributed by atoms with Crippen LogP contribution in [0.5, 0.6) is 0 Å². The molecular formula is C10H17N3. The van der Waals surface area contributed by atoms with Crippen molar-refractivity contribution in [1.29, 1.82) is 0 Å². The second-order valence-corrected chi connectivity index (χ2v) is 4.03. The molecule has 2 N–H and O–H groups in total. The quantitative estimate of drug-likeness (QED) is 0.741. The van der Waals surface area contributed by atoms with E-state index >= 15 is 0 Å². The molecule has 0 spiro atoms. The van der Waals surface area contributed by atoms with Crippen LogP contribution in [0.15, 0.2) is 12.4 Å². The third-order valence-corrected chi connectivity index (χ3v) is 2.81. The summed E-state index contributed by atoms with van der Waals surface area (Å²) in [5.41, 5.74) is 0. The highest BCUT2D eigenvalue weighted by atomic mass is 15.0. The zero-order valence-electron chi connectivity index (χ0n) is 8.09. The van der Waals surface area contributed by atoms with Crippen molar-refractivity contribution in [3.63, 3.8) is 0 Å². The van der Waals surface area contributed by atoms with Crippen LogP contribution in [-0.4, -0.2) is 16.0 Å². The Labute approximate surface area is 79.0 Å². The van der Waals surface area contributed by atoms with Crippen molar-refractivity contribution in [2.45, 2.75) is 38.8 Å². The topological polar surface area (TPSA) is 40.7 Å². The van der Waals surface area contributed by atoms with E-state index in [1.165, 1.54) is 19.3 Å². The van der Waals surface area contributed by atoms with E-state index in [-0.39, 0.29) is 0 Å². The van der Waals surface area contributed by atoms with Gasteiger partial charge in [-0.2, -0.15) is 0 Å². The molecule has 0 bridgehead atoms. The number of rotatable bonds is 3. The first-order chi connectivity index (χ1) is 6.34. The Bertz CT molecular complexity index is 243. The van der Waals surface area contributed by atoms with Gasteiger partial charge in [0.25, 0.3) is 0 Å². The van der Waals surface area contributed by atoms with E-state index < -0.39 is 0 Å². The minimum atomic E-state index is 0.708. The average Bonchev–Trinajstić information content (AvgIpc) is 2.71. The van der Waals surface area contributed by atoms with Crippen LogP contribution >= 0.6 is 0 Å². The first kappa shape index (κ1) is 8.75. The number of imidazole rings is 1. The molecule has 1 heterocycles. The molecule has 1 saturated carbocycles. The molecule has 2 atom stereocenters. The van der Waals surface area contributed by atoms with Crippen LogP contribution in [0.25, 0.3) is 0 Å². The summed E-state index contributed by atoms with van der Waals surface area (Å²) in [5.74, 6) is 1.94. The molecule has 0 saturated heterocycles. The molecule has 3 nitrogen and oxygen atoms in total. The molecule has 1 fully saturated rings. The summed E-state index contributed by atoms with van der Waals surface area (Å²) in [6.45, 7) is 3.21. The molecule has 0 amide bonds. The number of hydrogen-bond donors (Lipinski definition) is 2. The first-order valence-corrected chi connectivity index (χ1v) is 5.06. The molecule has 3 heteroatoms. The van der Waals surface area contributed by atoms with Gasteiger partial charge in [-0.05, 0) is 25.2 Å². The van der Waals surface area contributed by atoms with Gasteiger partial charge in [0, 0.05) is 18.4 Å². The number of aromatic nitrogens is 2. The van der Waals surface area contributed by atoms with Crippen LogP contribution in [0.3, 0.4) is 0 Å². The highest BCUT2D eigenvalue weighted by Crippen LogP contribution is 2.24. The van der Waals surface area contributed by atoms with Gasteiger partial charge in [-0.1, -0.05) is 6.92 Å². The summed E-state index contributed by atoms with van der Waals surface area (Å²) in [4.78, 5) is 7.28. The Morgan fingerprint density at radius 1 is 1.62 bits per heavy atom. The number of aromatic amines is 1. The summed E-state index contributed by atoms with van der Waals surface area (Å²) in [6, 6.07) is 0.708. The van der Waals surface area contributed by atoms with E-state index in [9.17, 15) is 0 Å². The fourth-order valence-electron chi connectivity index (χ4n) is 2.03. The monoisotopic (exact) mass is 179 g/mol. The summed E-state index contributed by atoms with van der Waals surface area (Å²) in [5, 5.41) is 3.52. The maximum absolute atomic E-state index is 4.18. The summed E-state index contributed by atoms with van der Waals surface area (Å²) >= 11 is 0. The van der Waals surface area contributed by atoms with Crippen molar-refractivity contribution in [2.24, 2.45) is 5.92 Å². The average molecular weight is 179 g/mol. The number of hydrogen-bond acceptors (Lipinski definition) is 2. The highest BCUT2D eigenvalue weighted by Gasteiger charge is 2.20. The second-order valence-electron chi connectivity index (χ2n) is 4.03. The zero-order chi connectivity index (χ0) is 9.10. The fraction of sp³-hybridized carbons (Fsp3) is 0.700. The molecule has 1 aromatic heterocycles. The Balaban J connectivity index is 1.74. The minimum Gasteiger partial charge on any atom is -0.348 e. The number of nitrogens with one attached hydrogen (secondary N) is 2. The van der Waals surface area contributed by atoms with Gasteiger partial charge in [0.1, 0.15) is 5.82 Å². The lowest BCUT2D eigenvalue weighted by Crippen LogP contribution is -2.26. The highest BCUT2D eigenvalue weighted by molar-refractivity contribution is 4.88. The van der Waals surface area contributed by atoms with Crippen molar-refractivity contribution >= 4 is 0 Å². The summed E-state index contributed by atoms with van der Waals surface area (Å²) in [6.07, 6.45) is 7.68. The molecule has 2 unspecified atom stereocenters. The molecule has 72 valence electrons. The lowest BCUT2D eigenvalue weighted by molar-refractivity contribution is 0.495. The van der Waals surface area contributed by atoms with E-state index in [1.54, 1.807) is 6.20 Å². The van der Waals surface area contributed by atoms with Crippen molar-refractivity contribution in [3.05, 3.63) is 18.2 Å². The smallest absolute Gasteiger partial charge is 0.120 e. The van der Waals surface area contributed by atoms with E-state index in [4.69, 9.17) is 0 Å². The molecule has 1 aliphatic carbocycles. The molecular weight excluding hydrogens is 162 g/mol. The third kappa shape index (κ3) is 2.31. The van der Waals surface area contributed by atoms with Gasteiger partial charge in [-0.15, -0.1) is 0 Å². The Morgan fingerprint density at radius 3 is 3.15 bits per heavy atom. The molecule has 13 heavy (non-hydrogen) atoms. The number of H-pyrrole nitrogens is 1. The number of nitrogens with zero attached hydrogens (tertiary/aromatic N) is 1. The molecule has 1 aromatic rings. The van der Waals surface area contributed by atoms with E-state index in [0.29, 0.717) is 6.04 Å². The Hall–Kier alpha value is -0.830. The van der Waals surface area contributed by atoms with E-state index in [0.717, 1.165) is 18.3 Å². The predicted octanol–water partition coefficient (Wildman–Crippen LogP) is 1.69.